The highest BCUT2D eigenvalue weighted by atomic mass is 19.1. The largest absolute Gasteiger partial charge is 0.307 e. The first-order chi connectivity index (χ1) is 9.20. The zero-order valence-corrected chi connectivity index (χ0v) is 12.2. The normalized spacial score (nSPS) is 25.2. The van der Waals surface area contributed by atoms with E-state index in [9.17, 15) is 4.39 Å². The summed E-state index contributed by atoms with van der Waals surface area (Å²) in [5, 5.41) is 3.60. The first-order valence-electron chi connectivity index (χ1n) is 7.71. The summed E-state index contributed by atoms with van der Waals surface area (Å²) in [5.74, 6) is 0.828. The number of hydrogen-bond donors (Lipinski definition) is 1. The van der Waals surface area contributed by atoms with Gasteiger partial charge in [-0.05, 0) is 44.6 Å². The van der Waals surface area contributed by atoms with Crippen molar-refractivity contribution in [2.75, 3.05) is 0 Å². The lowest BCUT2D eigenvalue weighted by atomic mass is 9.83. The van der Waals surface area contributed by atoms with Gasteiger partial charge in [-0.15, -0.1) is 0 Å². The summed E-state index contributed by atoms with van der Waals surface area (Å²) in [6.07, 6.45) is 7.81. The van der Waals surface area contributed by atoms with Crippen LogP contribution in [0.1, 0.15) is 64.0 Å². The zero-order valence-electron chi connectivity index (χ0n) is 12.2. The average molecular weight is 263 g/mol. The van der Waals surface area contributed by atoms with E-state index in [0.717, 1.165) is 11.5 Å². The van der Waals surface area contributed by atoms with Gasteiger partial charge in [-0.25, -0.2) is 4.39 Å². The third-order valence-electron chi connectivity index (χ3n) is 4.40. The Morgan fingerprint density at radius 1 is 1.21 bits per heavy atom. The fraction of sp³-hybridized carbons (Fsp3) is 0.647. The topological polar surface area (TPSA) is 12.0 Å². The van der Waals surface area contributed by atoms with Crippen LogP contribution in [0.15, 0.2) is 24.3 Å². The van der Waals surface area contributed by atoms with Crippen LogP contribution in [0.2, 0.25) is 0 Å². The molecule has 2 heteroatoms. The van der Waals surface area contributed by atoms with Crippen molar-refractivity contribution in [2.45, 2.75) is 64.5 Å². The predicted octanol–water partition coefficient (Wildman–Crippen LogP) is 4.84. The smallest absolute Gasteiger partial charge is 0.127 e. The van der Waals surface area contributed by atoms with Crippen LogP contribution in [0.3, 0.4) is 0 Å². The van der Waals surface area contributed by atoms with Crippen LogP contribution in [0.25, 0.3) is 0 Å². The minimum Gasteiger partial charge on any atom is -0.307 e. The molecule has 1 aromatic carbocycles. The summed E-state index contributed by atoms with van der Waals surface area (Å²) >= 11 is 0. The molecule has 19 heavy (non-hydrogen) atoms. The highest BCUT2D eigenvalue weighted by Crippen LogP contribution is 2.29. The van der Waals surface area contributed by atoms with E-state index in [0.29, 0.717) is 6.04 Å². The molecule has 106 valence electrons. The Morgan fingerprint density at radius 3 is 2.53 bits per heavy atom. The predicted molar refractivity (Wildman–Crippen MR) is 78.6 cm³/mol. The number of benzene rings is 1. The number of rotatable bonds is 5. The summed E-state index contributed by atoms with van der Waals surface area (Å²) < 4.78 is 13.7. The molecule has 1 saturated carbocycles. The Morgan fingerprint density at radius 2 is 1.89 bits per heavy atom. The van der Waals surface area contributed by atoms with E-state index >= 15 is 0 Å². The maximum absolute atomic E-state index is 13.7. The summed E-state index contributed by atoms with van der Waals surface area (Å²) in [4.78, 5) is 0. The van der Waals surface area contributed by atoms with E-state index in [1.54, 1.807) is 12.1 Å². The molecule has 1 aliphatic carbocycles. The fourth-order valence-electron chi connectivity index (χ4n) is 3.30. The van der Waals surface area contributed by atoms with E-state index in [4.69, 9.17) is 0 Å². The Labute approximate surface area is 116 Å². The molecule has 0 radical (unpaired) electrons. The first-order valence-corrected chi connectivity index (χ1v) is 7.71. The van der Waals surface area contributed by atoms with E-state index in [1.165, 1.54) is 38.5 Å². The Hall–Kier alpha value is -0.890. The van der Waals surface area contributed by atoms with Crippen molar-refractivity contribution < 1.29 is 4.39 Å². The van der Waals surface area contributed by atoms with E-state index < -0.39 is 0 Å². The molecule has 0 spiro atoms. The minimum absolute atomic E-state index is 0.0952. The SMILES string of the molecule is CCC[C@H]1CC[C@H](NC(C)c2ccccc2F)CC1. The van der Waals surface area contributed by atoms with Gasteiger partial charge in [-0.2, -0.15) is 0 Å². The van der Waals surface area contributed by atoms with Gasteiger partial charge >= 0.3 is 0 Å². The number of halogens is 1. The molecule has 1 N–H and O–H groups in total. The lowest BCUT2D eigenvalue weighted by Gasteiger charge is -2.31. The Kier molecular flexibility index (Phi) is 5.38. The second-order valence-corrected chi connectivity index (χ2v) is 5.92. The van der Waals surface area contributed by atoms with Gasteiger partial charge in [0.25, 0.3) is 0 Å². The van der Waals surface area contributed by atoms with Gasteiger partial charge in [0.15, 0.2) is 0 Å². The molecule has 1 aromatic rings. The van der Waals surface area contributed by atoms with Crippen molar-refractivity contribution >= 4 is 0 Å². The average Bonchev–Trinajstić information content (AvgIpc) is 2.42. The third kappa shape index (κ3) is 4.04. The van der Waals surface area contributed by atoms with Crippen LogP contribution in [0.5, 0.6) is 0 Å². The highest BCUT2D eigenvalue weighted by Gasteiger charge is 2.22. The molecule has 0 bridgehead atoms. The van der Waals surface area contributed by atoms with Crippen molar-refractivity contribution in [3.63, 3.8) is 0 Å². The molecule has 1 atom stereocenters. The van der Waals surface area contributed by atoms with Crippen LogP contribution < -0.4 is 5.32 Å². The zero-order chi connectivity index (χ0) is 13.7. The monoisotopic (exact) mass is 263 g/mol. The first kappa shape index (κ1) is 14.5. The number of nitrogens with one attached hydrogen (secondary N) is 1. The minimum atomic E-state index is -0.0952. The summed E-state index contributed by atoms with van der Waals surface area (Å²) in [6.45, 7) is 4.33. The fourth-order valence-corrected chi connectivity index (χ4v) is 3.30. The highest BCUT2D eigenvalue weighted by molar-refractivity contribution is 5.20. The molecule has 0 aromatic heterocycles. The lowest BCUT2D eigenvalue weighted by Crippen LogP contribution is -2.35. The molecular weight excluding hydrogens is 237 g/mol. The van der Waals surface area contributed by atoms with Crippen molar-refractivity contribution in [1.29, 1.82) is 0 Å². The number of hydrogen-bond acceptors (Lipinski definition) is 1. The van der Waals surface area contributed by atoms with E-state index in [1.807, 2.05) is 12.1 Å². The summed E-state index contributed by atoms with van der Waals surface area (Å²) in [6, 6.07) is 7.76. The molecule has 1 nitrogen and oxygen atoms in total. The molecule has 1 aliphatic rings. The van der Waals surface area contributed by atoms with E-state index in [2.05, 4.69) is 19.2 Å². The molecule has 0 heterocycles. The Bertz CT molecular complexity index is 383. The maximum Gasteiger partial charge on any atom is 0.127 e. The van der Waals surface area contributed by atoms with Crippen LogP contribution in [-0.2, 0) is 0 Å². The van der Waals surface area contributed by atoms with Crippen LogP contribution in [0, 0.1) is 11.7 Å². The molecule has 1 unspecified atom stereocenters. The molecule has 0 saturated heterocycles. The Balaban J connectivity index is 1.84. The second kappa shape index (κ2) is 7.04. The maximum atomic E-state index is 13.7. The van der Waals surface area contributed by atoms with Gasteiger partial charge < -0.3 is 5.32 Å². The van der Waals surface area contributed by atoms with E-state index in [-0.39, 0.29) is 11.9 Å². The molecule has 1 fully saturated rings. The van der Waals surface area contributed by atoms with Crippen molar-refractivity contribution in [2.24, 2.45) is 5.92 Å². The van der Waals surface area contributed by atoms with Crippen molar-refractivity contribution in [1.82, 2.24) is 5.32 Å². The van der Waals surface area contributed by atoms with Crippen LogP contribution in [0.4, 0.5) is 4.39 Å². The standard InChI is InChI=1S/C17H26FN/c1-3-6-14-9-11-15(12-10-14)19-13(2)16-7-4-5-8-17(16)18/h4-5,7-8,13-15,19H,3,6,9-12H2,1-2H3/t13?,14-,15-. The quantitative estimate of drug-likeness (QED) is 0.802. The second-order valence-electron chi connectivity index (χ2n) is 5.92. The third-order valence-corrected chi connectivity index (χ3v) is 4.40. The van der Waals surface area contributed by atoms with Gasteiger partial charge in [0.2, 0.25) is 0 Å². The summed E-state index contributed by atoms with van der Waals surface area (Å²) in [7, 11) is 0. The van der Waals surface area contributed by atoms with Crippen LogP contribution in [-0.4, -0.2) is 6.04 Å². The van der Waals surface area contributed by atoms with Gasteiger partial charge in [-0.3, -0.25) is 0 Å². The molecular formula is C17H26FN. The van der Waals surface area contributed by atoms with Crippen molar-refractivity contribution in [3.05, 3.63) is 35.6 Å². The lowest BCUT2D eigenvalue weighted by molar-refractivity contribution is 0.265. The van der Waals surface area contributed by atoms with Gasteiger partial charge in [0.1, 0.15) is 5.82 Å². The molecule has 0 aliphatic heterocycles. The molecule has 2 rings (SSSR count). The van der Waals surface area contributed by atoms with Gasteiger partial charge in [0, 0.05) is 17.6 Å². The van der Waals surface area contributed by atoms with Crippen molar-refractivity contribution in [3.8, 4) is 0 Å². The molecule has 0 amide bonds. The van der Waals surface area contributed by atoms with Crippen LogP contribution >= 0.6 is 0 Å². The van der Waals surface area contributed by atoms with Gasteiger partial charge in [-0.1, -0.05) is 38.0 Å². The van der Waals surface area contributed by atoms with Gasteiger partial charge in [0.05, 0.1) is 0 Å². The summed E-state index contributed by atoms with van der Waals surface area (Å²) in [5.41, 5.74) is 0.790.